The lowest BCUT2D eigenvalue weighted by molar-refractivity contribution is 0.0697. The van der Waals surface area contributed by atoms with Crippen molar-refractivity contribution in [2.75, 3.05) is 0 Å². The van der Waals surface area contributed by atoms with Gasteiger partial charge in [-0.2, -0.15) is 0 Å². The van der Waals surface area contributed by atoms with Crippen LogP contribution in [0, 0.1) is 0 Å². The first-order valence-electron chi connectivity index (χ1n) is 5.04. The Labute approximate surface area is 98.3 Å². The minimum atomic E-state index is -0.917. The fourth-order valence-corrected chi connectivity index (χ4v) is 1.88. The van der Waals surface area contributed by atoms with E-state index in [9.17, 15) is 4.79 Å². The van der Waals surface area contributed by atoms with Crippen molar-refractivity contribution in [2.45, 2.75) is 19.3 Å². The van der Waals surface area contributed by atoms with Gasteiger partial charge in [0.2, 0.25) is 0 Å². The van der Waals surface area contributed by atoms with Crippen molar-refractivity contribution in [3.05, 3.63) is 40.6 Å². The van der Waals surface area contributed by atoms with E-state index in [4.69, 9.17) is 21.4 Å². The van der Waals surface area contributed by atoms with Crippen LogP contribution in [0.25, 0.3) is 0 Å². The molecule has 0 unspecified atom stereocenters. The van der Waals surface area contributed by atoms with Gasteiger partial charge in [0.25, 0.3) is 0 Å². The number of rotatable bonds is 1. The second-order valence-electron chi connectivity index (χ2n) is 3.66. The van der Waals surface area contributed by atoms with E-state index < -0.39 is 5.97 Å². The van der Waals surface area contributed by atoms with Gasteiger partial charge in [0.05, 0.1) is 5.56 Å². The summed E-state index contributed by atoms with van der Waals surface area (Å²) in [6.45, 7) is 0. The van der Waals surface area contributed by atoms with E-state index in [-0.39, 0.29) is 0 Å². The van der Waals surface area contributed by atoms with Gasteiger partial charge >= 0.3 is 5.97 Å². The van der Waals surface area contributed by atoms with Crippen LogP contribution in [0.1, 0.15) is 28.8 Å². The molecule has 4 heteroatoms. The van der Waals surface area contributed by atoms with Crippen LogP contribution < -0.4 is 4.74 Å². The van der Waals surface area contributed by atoms with Gasteiger partial charge in [-0.15, -0.1) is 0 Å². The number of benzene rings is 1. The highest BCUT2D eigenvalue weighted by Gasteiger charge is 2.14. The third kappa shape index (κ3) is 2.19. The number of allylic oxidation sites excluding steroid dienone is 1. The minimum Gasteiger partial charge on any atom is -0.478 e. The van der Waals surface area contributed by atoms with Gasteiger partial charge < -0.3 is 9.84 Å². The van der Waals surface area contributed by atoms with Crippen LogP contribution >= 0.6 is 11.6 Å². The Bertz CT molecular complexity index is 452. The van der Waals surface area contributed by atoms with Crippen molar-refractivity contribution < 1.29 is 14.6 Å². The first-order valence-corrected chi connectivity index (χ1v) is 5.47. The fourth-order valence-electron chi connectivity index (χ4n) is 1.73. The van der Waals surface area contributed by atoms with E-state index in [0.29, 0.717) is 11.3 Å². The van der Waals surface area contributed by atoms with E-state index in [1.54, 1.807) is 18.2 Å². The number of halogens is 1. The van der Waals surface area contributed by atoms with Gasteiger partial charge in [-0.3, -0.25) is 0 Å². The summed E-state index contributed by atoms with van der Waals surface area (Å²) in [6, 6.07) is 4.89. The molecule has 1 aromatic carbocycles. The predicted molar refractivity (Wildman–Crippen MR) is 60.9 cm³/mol. The highest BCUT2D eigenvalue weighted by atomic mass is 35.5. The van der Waals surface area contributed by atoms with Gasteiger partial charge in [0, 0.05) is 12.0 Å². The van der Waals surface area contributed by atoms with Gasteiger partial charge in [-0.1, -0.05) is 11.6 Å². The molecule has 0 bridgehead atoms. The Hall–Kier alpha value is -1.48. The van der Waals surface area contributed by atoms with Gasteiger partial charge in [0.1, 0.15) is 11.5 Å². The standard InChI is InChI=1S/C12H11ClO3/c13-7-10-3-1-2-8-6-9(12(14)15)4-5-11(8)16-10/h4-7H,1-3H2,(H,14,15). The molecule has 0 amide bonds. The van der Waals surface area contributed by atoms with Crippen LogP contribution in [0.3, 0.4) is 0 Å². The summed E-state index contributed by atoms with van der Waals surface area (Å²) in [5.74, 6) is 0.512. The highest BCUT2D eigenvalue weighted by molar-refractivity contribution is 6.25. The SMILES string of the molecule is O=C(O)c1ccc2c(c1)CCCC(=CCl)O2. The van der Waals surface area contributed by atoms with E-state index in [1.165, 1.54) is 5.54 Å². The molecule has 2 rings (SSSR count). The third-order valence-corrected chi connectivity index (χ3v) is 2.78. The summed E-state index contributed by atoms with van der Waals surface area (Å²) >= 11 is 5.62. The molecule has 0 fully saturated rings. The Kier molecular flexibility index (Phi) is 3.15. The fraction of sp³-hybridized carbons (Fsp3) is 0.250. The van der Waals surface area contributed by atoms with Crippen LogP contribution in [-0.2, 0) is 6.42 Å². The quantitative estimate of drug-likeness (QED) is 0.817. The van der Waals surface area contributed by atoms with Crippen molar-refractivity contribution in [3.8, 4) is 5.75 Å². The number of aromatic carboxylic acids is 1. The number of hydrogen-bond acceptors (Lipinski definition) is 2. The molecule has 1 heterocycles. The van der Waals surface area contributed by atoms with Gasteiger partial charge in [-0.05, 0) is 36.6 Å². The van der Waals surface area contributed by atoms with E-state index in [0.717, 1.165) is 30.6 Å². The molecule has 0 radical (unpaired) electrons. The number of aryl methyl sites for hydroxylation is 1. The van der Waals surface area contributed by atoms with E-state index in [1.807, 2.05) is 0 Å². The zero-order valence-electron chi connectivity index (χ0n) is 8.57. The Morgan fingerprint density at radius 1 is 1.44 bits per heavy atom. The van der Waals surface area contributed by atoms with Crippen LogP contribution in [0.4, 0.5) is 0 Å². The number of carboxylic acids is 1. The molecule has 0 saturated carbocycles. The second kappa shape index (κ2) is 4.58. The maximum Gasteiger partial charge on any atom is 0.335 e. The molecule has 84 valence electrons. The molecule has 0 atom stereocenters. The number of hydrogen-bond donors (Lipinski definition) is 1. The summed E-state index contributed by atoms with van der Waals surface area (Å²) in [4.78, 5) is 10.8. The molecular weight excluding hydrogens is 228 g/mol. The molecule has 16 heavy (non-hydrogen) atoms. The smallest absolute Gasteiger partial charge is 0.335 e. The minimum absolute atomic E-state index is 0.292. The summed E-state index contributed by atoms with van der Waals surface area (Å²) in [5.41, 5.74) is 2.65. The molecular formula is C12H11ClO3. The predicted octanol–water partition coefficient (Wildman–Crippen LogP) is 3.18. The number of fused-ring (bicyclic) bond motifs is 1. The molecule has 0 aliphatic carbocycles. The first-order chi connectivity index (χ1) is 7.70. The Balaban J connectivity index is 2.37. The maximum absolute atomic E-state index is 10.8. The lowest BCUT2D eigenvalue weighted by Crippen LogP contribution is -1.99. The molecule has 0 saturated heterocycles. The molecule has 1 N–H and O–H groups in total. The van der Waals surface area contributed by atoms with Crippen LogP contribution in [0.5, 0.6) is 5.75 Å². The molecule has 3 nitrogen and oxygen atoms in total. The van der Waals surface area contributed by atoms with Crippen LogP contribution in [0.2, 0.25) is 0 Å². The monoisotopic (exact) mass is 238 g/mol. The number of carboxylic acid groups (broad SMARTS) is 1. The lowest BCUT2D eigenvalue weighted by Gasteiger charge is -2.08. The molecule has 1 aliphatic rings. The lowest BCUT2D eigenvalue weighted by atomic mass is 10.0. The van der Waals surface area contributed by atoms with Crippen molar-refractivity contribution in [3.63, 3.8) is 0 Å². The summed E-state index contributed by atoms with van der Waals surface area (Å²) < 4.78 is 5.58. The normalized spacial score (nSPS) is 17.4. The first kappa shape index (κ1) is 11.0. The molecule has 0 spiro atoms. The van der Waals surface area contributed by atoms with Crippen molar-refractivity contribution in [1.29, 1.82) is 0 Å². The Morgan fingerprint density at radius 3 is 2.94 bits per heavy atom. The number of carbonyl (C=O) groups is 1. The highest BCUT2D eigenvalue weighted by Crippen LogP contribution is 2.29. The van der Waals surface area contributed by atoms with Gasteiger partial charge in [-0.25, -0.2) is 4.79 Å². The van der Waals surface area contributed by atoms with Crippen molar-refractivity contribution >= 4 is 17.6 Å². The van der Waals surface area contributed by atoms with Crippen LogP contribution in [-0.4, -0.2) is 11.1 Å². The third-order valence-electron chi connectivity index (χ3n) is 2.54. The average molecular weight is 239 g/mol. The van der Waals surface area contributed by atoms with Crippen molar-refractivity contribution in [1.82, 2.24) is 0 Å². The zero-order chi connectivity index (χ0) is 11.5. The molecule has 1 aliphatic heterocycles. The summed E-state index contributed by atoms with van der Waals surface area (Å²) in [6.07, 6.45) is 2.50. The summed E-state index contributed by atoms with van der Waals surface area (Å²) in [5, 5.41) is 8.88. The van der Waals surface area contributed by atoms with E-state index in [2.05, 4.69) is 0 Å². The zero-order valence-corrected chi connectivity index (χ0v) is 9.33. The second-order valence-corrected chi connectivity index (χ2v) is 3.88. The van der Waals surface area contributed by atoms with Crippen LogP contribution in [0.15, 0.2) is 29.5 Å². The number of ether oxygens (including phenoxy) is 1. The largest absolute Gasteiger partial charge is 0.478 e. The summed E-state index contributed by atoms with van der Waals surface area (Å²) in [7, 11) is 0. The molecule has 1 aromatic rings. The average Bonchev–Trinajstić information content (AvgIpc) is 2.49. The molecule has 0 aromatic heterocycles. The topological polar surface area (TPSA) is 46.5 Å². The Morgan fingerprint density at radius 2 is 2.25 bits per heavy atom. The maximum atomic E-state index is 10.8. The van der Waals surface area contributed by atoms with Gasteiger partial charge in [0.15, 0.2) is 0 Å². The van der Waals surface area contributed by atoms with E-state index >= 15 is 0 Å². The van der Waals surface area contributed by atoms with Crippen molar-refractivity contribution in [2.24, 2.45) is 0 Å².